The number of hydrogen-bond donors (Lipinski definition) is 4. The molecule has 1 aliphatic heterocycles. The van der Waals surface area contributed by atoms with E-state index in [0.29, 0.717) is 34.0 Å². The van der Waals surface area contributed by atoms with Crippen LogP contribution in [0.25, 0.3) is 10.9 Å². The number of nitrogens with one attached hydrogen (secondary N) is 4. The SMILES string of the molecule is CNC(=O)c1[nH]c2c3c(cc(Cl)c2c1Cl)CN(Cc1cc[nH]c(=O)c1)SN3. The minimum atomic E-state index is -0.305. The van der Waals surface area contributed by atoms with E-state index in [1.54, 1.807) is 19.3 Å². The molecule has 1 aromatic carbocycles. The van der Waals surface area contributed by atoms with Gasteiger partial charge in [-0.3, -0.25) is 9.59 Å². The van der Waals surface area contributed by atoms with E-state index in [1.807, 2.05) is 12.1 Å². The van der Waals surface area contributed by atoms with Crippen LogP contribution in [0.2, 0.25) is 10.0 Å². The standard InChI is InChI=1S/C17H15Cl2N5O2S/c1-20-17(26)16-13(19)12-10(18)5-9-7-24(27-23-14(9)15(12)22-16)6-8-2-3-21-11(25)4-8/h2-5,22-23H,6-7H2,1H3,(H,20,26)(H,21,25). The van der Waals surface area contributed by atoms with Crippen LogP contribution in [-0.2, 0) is 13.1 Å². The number of aromatic nitrogens is 2. The molecule has 4 rings (SSSR count). The number of pyridine rings is 1. The van der Waals surface area contributed by atoms with Gasteiger partial charge in [0.05, 0.1) is 21.2 Å². The average molecular weight is 424 g/mol. The Morgan fingerprint density at radius 1 is 1.37 bits per heavy atom. The molecule has 0 spiro atoms. The van der Waals surface area contributed by atoms with Crippen LogP contribution in [0, 0.1) is 0 Å². The summed E-state index contributed by atoms with van der Waals surface area (Å²) in [5, 5.41) is 3.96. The van der Waals surface area contributed by atoms with Gasteiger partial charge >= 0.3 is 0 Å². The van der Waals surface area contributed by atoms with Gasteiger partial charge in [0.2, 0.25) is 5.56 Å². The van der Waals surface area contributed by atoms with Crippen LogP contribution in [0.15, 0.2) is 29.2 Å². The fourth-order valence-electron chi connectivity index (χ4n) is 3.08. The van der Waals surface area contributed by atoms with Crippen molar-refractivity contribution in [1.82, 2.24) is 19.6 Å². The minimum absolute atomic E-state index is 0.129. The third kappa shape index (κ3) is 3.29. The van der Waals surface area contributed by atoms with Crippen molar-refractivity contribution in [2.45, 2.75) is 13.1 Å². The number of rotatable bonds is 3. The van der Waals surface area contributed by atoms with E-state index < -0.39 is 0 Å². The summed E-state index contributed by atoms with van der Waals surface area (Å²) in [5.41, 5.74) is 3.58. The molecule has 7 nitrogen and oxygen atoms in total. The summed E-state index contributed by atoms with van der Waals surface area (Å²) in [4.78, 5) is 29.2. The van der Waals surface area contributed by atoms with Gasteiger partial charge in [0, 0.05) is 49.9 Å². The quantitative estimate of drug-likeness (QED) is 0.483. The molecule has 0 saturated heterocycles. The number of carbonyl (C=O) groups excluding carboxylic acids is 1. The third-order valence-corrected chi connectivity index (χ3v) is 5.81. The number of H-pyrrole nitrogens is 2. The summed E-state index contributed by atoms with van der Waals surface area (Å²) < 4.78 is 5.36. The van der Waals surface area contributed by atoms with Gasteiger partial charge < -0.3 is 20.0 Å². The van der Waals surface area contributed by atoms with Gasteiger partial charge in [-0.15, -0.1) is 0 Å². The Hall–Kier alpha value is -2.13. The highest BCUT2D eigenvalue weighted by molar-refractivity contribution is 7.98. The molecule has 0 fully saturated rings. The smallest absolute Gasteiger partial charge is 0.269 e. The maximum absolute atomic E-state index is 12.0. The number of hydrogen-bond acceptors (Lipinski definition) is 5. The molecular weight excluding hydrogens is 409 g/mol. The number of benzene rings is 1. The largest absolute Gasteiger partial charge is 0.354 e. The van der Waals surface area contributed by atoms with Crippen molar-refractivity contribution in [1.29, 1.82) is 0 Å². The maximum atomic E-state index is 12.0. The summed E-state index contributed by atoms with van der Waals surface area (Å²) in [5.74, 6) is -0.305. The average Bonchev–Trinajstić information content (AvgIpc) is 2.99. The molecule has 0 unspecified atom stereocenters. The van der Waals surface area contributed by atoms with E-state index in [-0.39, 0.29) is 17.2 Å². The lowest BCUT2D eigenvalue weighted by atomic mass is 10.1. The molecule has 4 N–H and O–H groups in total. The second-order valence-electron chi connectivity index (χ2n) is 6.09. The van der Waals surface area contributed by atoms with Gasteiger partial charge in [-0.05, 0) is 23.3 Å². The Labute approximate surface area is 168 Å². The van der Waals surface area contributed by atoms with Crippen molar-refractivity contribution in [2.24, 2.45) is 0 Å². The molecule has 1 aliphatic rings. The Balaban J connectivity index is 1.70. The second-order valence-corrected chi connectivity index (χ2v) is 7.78. The van der Waals surface area contributed by atoms with E-state index >= 15 is 0 Å². The normalized spacial score (nSPS) is 14.0. The zero-order valence-corrected chi connectivity index (χ0v) is 16.5. The van der Waals surface area contributed by atoms with Crippen molar-refractivity contribution >= 4 is 57.8 Å². The molecule has 0 radical (unpaired) electrons. The van der Waals surface area contributed by atoms with Crippen LogP contribution in [0.3, 0.4) is 0 Å². The lowest BCUT2D eigenvalue weighted by molar-refractivity contribution is 0.0959. The van der Waals surface area contributed by atoms with Gasteiger partial charge in [0.15, 0.2) is 0 Å². The zero-order chi connectivity index (χ0) is 19.1. The van der Waals surface area contributed by atoms with E-state index in [1.165, 1.54) is 12.1 Å². The summed E-state index contributed by atoms with van der Waals surface area (Å²) in [6.07, 6.45) is 1.63. The van der Waals surface area contributed by atoms with Gasteiger partial charge in [0.1, 0.15) is 5.69 Å². The highest BCUT2D eigenvalue weighted by atomic mass is 35.5. The van der Waals surface area contributed by atoms with E-state index in [9.17, 15) is 9.59 Å². The highest BCUT2D eigenvalue weighted by Gasteiger charge is 2.25. The lowest BCUT2D eigenvalue weighted by Crippen LogP contribution is -2.23. The zero-order valence-electron chi connectivity index (χ0n) is 14.2. The van der Waals surface area contributed by atoms with Crippen molar-refractivity contribution in [3.05, 3.63) is 61.6 Å². The predicted octanol–water partition coefficient (Wildman–Crippen LogP) is 3.51. The first kappa shape index (κ1) is 18.2. The topological polar surface area (TPSA) is 93.0 Å². The second kappa shape index (κ2) is 7.12. The number of amides is 1. The molecule has 1 amide bonds. The Morgan fingerprint density at radius 2 is 2.19 bits per heavy atom. The van der Waals surface area contributed by atoms with Crippen molar-refractivity contribution in [3.63, 3.8) is 0 Å². The molecule has 140 valence electrons. The highest BCUT2D eigenvalue weighted by Crippen LogP contribution is 2.43. The number of aromatic amines is 2. The third-order valence-electron chi connectivity index (χ3n) is 4.33. The molecule has 3 heterocycles. The Kier molecular flexibility index (Phi) is 4.81. The van der Waals surface area contributed by atoms with E-state index in [2.05, 4.69) is 24.3 Å². The van der Waals surface area contributed by atoms with Gasteiger partial charge in [-0.1, -0.05) is 23.2 Å². The molecular formula is C17H15Cl2N5O2S. The first-order valence-corrected chi connectivity index (χ1v) is 9.61. The molecule has 2 aromatic heterocycles. The van der Waals surface area contributed by atoms with Gasteiger partial charge in [-0.25, -0.2) is 4.31 Å². The predicted molar refractivity (Wildman–Crippen MR) is 109 cm³/mol. The molecule has 27 heavy (non-hydrogen) atoms. The Morgan fingerprint density at radius 3 is 2.93 bits per heavy atom. The van der Waals surface area contributed by atoms with Crippen molar-refractivity contribution < 1.29 is 4.79 Å². The van der Waals surface area contributed by atoms with Gasteiger partial charge in [0.25, 0.3) is 5.91 Å². The molecule has 3 aromatic rings. The van der Waals surface area contributed by atoms with E-state index in [0.717, 1.165) is 16.8 Å². The minimum Gasteiger partial charge on any atom is -0.354 e. The molecule has 10 heteroatoms. The number of anilines is 1. The summed E-state index contributed by atoms with van der Waals surface area (Å²) in [7, 11) is 1.54. The molecule has 0 aliphatic carbocycles. The number of halogens is 2. The molecule has 0 atom stereocenters. The number of carbonyl (C=O) groups is 1. The molecule has 0 saturated carbocycles. The monoisotopic (exact) mass is 423 g/mol. The maximum Gasteiger partial charge on any atom is 0.269 e. The summed E-state index contributed by atoms with van der Waals surface area (Å²) >= 11 is 14.3. The van der Waals surface area contributed by atoms with Crippen LogP contribution >= 0.6 is 35.3 Å². The molecule has 0 bridgehead atoms. The first-order chi connectivity index (χ1) is 13.0. The van der Waals surface area contributed by atoms with Crippen molar-refractivity contribution in [3.8, 4) is 0 Å². The summed E-state index contributed by atoms with van der Waals surface area (Å²) in [6, 6.07) is 5.30. The van der Waals surface area contributed by atoms with Crippen LogP contribution in [0.1, 0.15) is 21.6 Å². The van der Waals surface area contributed by atoms with Crippen LogP contribution < -0.4 is 15.6 Å². The van der Waals surface area contributed by atoms with Gasteiger partial charge in [-0.2, -0.15) is 0 Å². The number of nitrogens with zero attached hydrogens (tertiary/aromatic N) is 1. The van der Waals surface area contributed by atoms with Crippen LogP contribution in [-0.4, -0.2) is 27.2 Å². The lowest BCUT2D eigenvalue weighted by Gasteiger charge is -2.28. The van der Waals surface area contributed by atoms with Crippen LogP contribution in [0.5, 0.6) is 0 Å². The summed E-state index contributed by atoms with van der Waals surface area (Å²) in [6.45, 7) is 1.20. The Bertz CT molecular complexity index is 1110. The first-order valence-electron chi connectivity index (χ1n) is 8.08. The van der Waals surface area contributed by atoms with E-state index in [4.69, 9.17) is 23.2 Å². The fraction of sp³-hybridized carbons (Fsp3) is 0.176. The van der Waals surface area contributed by atoms with Crippen molar-refractivity contribution in [2.75, 3.05) is 11.8 Å². The fourth-order valence-corrected chi connectivity index (χ4v) is 4.65. The number of fused-ring (bicyclic) bond motifs is 3. The van der Waals surface area contributed by atoms with Crippen LogP contribution in [0.4, 0.5) is 5.69 Å².